The summed E-state index contributed by atoms with van der Waals surface area (Å²) in [5.74, 6) is 1.47. The van der Waals surface area contributed by atoms with Gasteiger partial charge < -0.3 is 23.8 Å². The Morgan fingerprint density at radius 3 is 2.82 bits per heavy atom. The van der Waals surface area contributed by atoms with Crippen molar-refractivity contribution in [2.75, 3.05) is 39.4 Å². The quantitative estimate of drug-likeness (QED) is 0.362. The minimum atomic E-state index is -0.522. The van der Waals surface area contributed by atoms with Crippen molar-refractivity contribution in [3.8, 4) is 5.75 Å². The van der Waals surface area contributed by atoms with Crippen LogP contribution in [-0.2, 0) is 11.3 Å². The highest BCUT2D eigenvalue weighted by atomic mass is 16.5. The van der Waals surface area contributed by atoms with E-state index < -0.39 is 6.04 Å². The van der Waals surface area contributed by atoms with Crippen LogP contribution in [0.25, 0.3) is 10.9 Å². The minimum absolute atomic E-state index is 0.0271. The van der Waals surface area contributed by atoms with Gasteiger partial charge in [-0.2, -0.15) is 0 Å². The molecule has 1 aromatic carbocycles. The topological polar surface area (TPSA) is 132 Å². The second-order valence-corrected chi connectivity index (χ2v) is 9.80. The summed E-state index contributed by atoms with van der Waals surface area (Å²) in [5.41, 5.74) is 1.04. The number of H-pyrrole nitrogens is 1. The Morgan fingerprint density at radius 2 is 2.08 bits per heavy atom. The van der Waals surface area contributed by atoms with Crippen molar-refractivity contribution in [3.63, 3.8) is 0 Å². The van der Waals surface area contributed by atoms with Crippen molar-refractivity contribution >= 4 is 16.8 Å². The molecule has 2 atom stereocenters. The normalized spacial score (nSPS) is 19.0. The van der Waals surface area contributed by atoms with Crippen molar-refractivity contribution < 1.29 is 18.7 Å². The number of tetrazole rings is 1. The van der Waals surface area contributed by atoms with Gasteiger partial charge in [-0.3, -0.25) is 14.5 Å². The molecule has 4 aromatic rings. The van der Waals surface area contributed by atoms with E-state index in [4.69, 9.17) is 13.9 Å². The summed E-state index contributed by atoms with van der Waals surface area (Å²) in [4.78, 5) is 33.3. The number of fused-ring (bicyclic) bond motifs is 1. The van der Waals surface area contributed by atoms with E-state index in [2.05, 4.69) is 25.4 Å². The smallest absolute Gasteiger partial charge is 0.289 e. The van der Waals surface area contributed by atoms with Crippen molar-refractivity contribution in [1.29, 1.82) is 0 Å². The Labute approximate surface area is 224 Å². The molecule has 0 spiro atoms. The largest absolute Gasteiger partial charge is 0.494 e. The van der Waals surface area contributed by atoms with Gasteiger partial charge in [0.15, 0.2) is 11.6 Å². The molecular formula is C27H31N7O5. The molecule has 2 aliphatic rings. The van der Waals surface area contributed by atoms with Gasteiger partial charge in [0.05, 0.1) is 25.5 Å². The van der Waals surface area contributed by atoms with Crippen molar-refractivity contribution in [3.05, 3.63) is 70.2 Å². The molecule has 6 rings (SSSR count). The fraction of sp³-hybridized carbons (Fsp3) is 0.444. The average molecular weight is 534 g/mol. The van der Waals surface area contributed by atoms with Crippen LogP contribution in [-0.4, -0.2) is 86.4 Å². The van der Waals surface area contributed by atoms with Crippen LogP contribution in [0.3, 0.4) is 0 Å². The molecule has 12 heteroatoms. The van der Waals surface area contributed by atoms with Gasteiger partial charge >= 0.3 is 0 Å². The van der Waals surface area contributed by atoms with Gasteiger partial charge in [-0.25, -0.2) is 4.68 Å². The standard InChI is InChI=1S/C27H31N7O5/c1-2-37-19-7-8-22-18(15-19)16-21(26(35)28-22)24(25-29-30-31-34(25)17-20-5-3-13-38-20)32-9-11-33(12-10-32)27(36)23-6-4-14-39-23/h4,6-8,14-16,20,24H,2-3,5,9-13,17H2,1H3,(H,28,35)/t20-,24-/m1/s1. The van der Waals surface area contributed by atoms with Crippen LogP contribution in [0.5, 0.6) is 5.75 Å². The Kier molecular flexibility index (Phi) is 7.12. The van der Waals surface area contributed by atoms with E-state index in [9.17, 15) is 9.59 Å². The highest BCUT2D eigenvalue weighted by Crippen LogP contribution is 2.30. The predicted molar refractivity (Wildman–Crippen MR) is 141 cm³/mol. The molecule has 0 unspecified atom stereocenters. The lowest BCUT2D eigenvalue weighted by Crippen LogP contribution is -2.50. The average Bonchev–Trinajstić information content (AvgIpc) is 3.74. The predicted octanol–water partition coefficient (Wildman–Crippen LogP) is 2.23. The second kappa shape index (κ2) is 11.0. The molecule has 2 aliphatic heterocycles. The summed E-state index contributed by atoms with van der Waals surface area (Å²) in [6.07, 6.45) is 3.47. The van der Waals surface area contributed by atoms with Crippen LogP contribution in [0, 0.1) is 0 Å². The fourth-order valence-corrected chi connectivity index (χ4v) is 5.42. The number of nitrogens with one attached hydrogen (secondary N) is 1. The zero-order chi connectivity index (χ0) is 26.8. The maximum absolute atomic E-state index is 13.5. The molecular weight excluding hydrogens is 502 g/mol. The molecule has 3 aromatic heterocycles. The molecule has 204 valence electrons. The minimum Gasteiger partial charge on any atom is -0.494 e. The number of pyridine rings is 1. The number of piperazine rings is 1. The Morgan fingerprint density at radius 1 is 1.21 bits per heavy atom. The number of carbonyl (C=O) groups is 1. The van der Waals surface area contributed by atoms with E-state index in [1.165, 1.54) is 6.26 Å². The third-order valence-electron chi connectivity index (χ3n) is 7.35. The number of furan rings is 1. The van der Waals surface area contributed by atoms with E-state index in [1.54, 1.807) is 21.7 Å². The van der Waals surface area contributed by atoms with Gasteiger partial charge in [0.25, 0.3) is 11.5 Å². The third kappa shape index (κ3) is 5.17. The van der Waals surface area contributed by atoms with Crippen LogP contribution in [0.15, 0.2) is 51.9 Å². The van der Waals surface area contributed by atoms with E-state index in [-0.39, 0.29) is 17.6 Å². The number of carbonyl (C=O) groups excluding carboxylic acids is 1. The van der Waals surface area contributed by atoms with Crippen LogP contribution >= 0.6 is 0 Å². The number of aromatic amines is 1. The number of aromatic nitrogens is 5. The lowest BCUT2D eigenvalue weighted by atomic mass is 10.0. The number of rotatable bonds is 8. The lowest BCUT2D eigenvalue weighted by molar-refractivity contribution is 0.0550. The van der Waals surface area contributed by atoms with Gasteiger partial charge in [0.1, 0.15) is 11.8 Å². The summed E-state index contributed by atoms with van der Waals surface area (Å²) < 4.78 is 18.6. The number of ether oxygens (including phenoxy) is 2. The van der Waals surface area contributed by atoms with Gasteiger partial charge in [-0.05, 0) is 66.6 Å². The molecule has 0 aliphatic carbocycles. The molecule has 0 saturated carbocycles. The summed E-state index contributed by atoms with van der Waals surface area (Å²) in [6, 6.07) is 10.4. The van der Waals surface area contributed by atoms with E-state index >= 15 is 0 Å². The number of nitrogens with zero attached hydrogens (tertiary/aromatic N) is 6. The first-order chi connectivity index (χ1) is 19.1. The van der Waals surface area contributed by atoms with Crippen molar-refractivity contribution in [2.45, 2.75) is 38.5 Å². The van der Waals surface area contributed by atoms with E-state index in [1.807, 2.05) is 31.2 Å². The maximum Gasteiger partial charge on any atom is 0.289 e. The maximum atomic E-state index is 13.5. The van der Waals surface area contributed by atoms with Gasteiger partial charge in [0, 0.05) is 49.3 Å². The van der Waals surface area contributed by atoms with Crippen molar-refractivity contribution in [2.24, 2.45) is 0 Å². The molecule has 5 heterocycles. The molecule has 2 saturated heterocycles. The first kappa shape index (κ1) is 25.3. The molecule has 1 amide bonds. The Hall–Kier alpha value is -4.03. The zero-order valence-electron chi connectivity index (χ0n) is 21.8. The monoisotopic (exact) mass is 533 g/mol. The molecule has 0 bridgehead atoms. The molecule has 39 heavy (non-hydrogen) atoms. The summed E-state index contributed by atoms with van der Waals surface area (Å²) in [6.45, 7) is 5.72. The lowest BCUT2D eigenvalue weighted by Gasteiger charge is -2.38. The summed E-state index contributed by atoms with van der Waals surface area (Å²) in [7, 11) is 0. The third-order valence-corrected chi connectivity index (χ3v) is 7.35. The van der Waals surface area contributed by atoms with Gasteiger partial charge in [-0.1, -0.05) is 0 Å². The number of hydrogen-bond donors (Lipinski definition) is 1. The highest BCUT2D eigenvalue weighted by molar-refractivity contribution is 5.91. The van der Waals surface area contributed by atoms with Gasteiger partial charge in [-0.15, -0.1) is 5.10 Å². The summed E-state index contributed by atoms with van der Waals surface area (Å²) >= 11 is 0. The number of benzene rings is 1. The Balaban J connectivity index is 1.35. The fourth-order valence-electron chi connectivity index (χ4n) is 5.42. The Bertz CT molecular complexity index is 1480. The molecule has 2 fully saturated rings. The number of amides is 1. The van der Waals surface area contributed by atoms with Crippen molar-refractivity contribution in [1.82, 2.24) is 35.0 Å². The summed E-state index contributed by atoms with van der Waals surface area (Å²) in [5, 5.41) is 13.5. The zero-order valence-corrected chi connectivity index (χ0v) is 21.8. The first-order valence-electron chi connectivity index (χ1n) is 13.3. The SMILES string of the molecule is CCOc1ccc2[nH]c(=O)c([C@H](c3nnnn3C[C@H]3CCCO3)N3CCN(C(=O)c4ccco4)CC3)cc2c1. The molecule has 0 radical (unpaired) electrons. The first-order valence-corrected chi connectivity index (χ1v) is 13.3. The second-order valence-electron chi connectivity index (χ2n) is 9.80. The van der Waals surface area contributed by atoms with Crippen LogP contribution in [0.2, 0.25) is 0 Å². The van der Waals surface area contributed by atoms with E-state index in [0.29, 0.717) is 56.5 Å². The highest BCUT2D eigenvalue weighted by Gasteiger charge is 2.35. The van der Waals surface area contributed by atoms with Crippen LogP contribution in [0.4, 0.5) is 0 Å². The molecule has 12 nitrogen and oxygen atoms in total. The van der Waals surface area contributed by atoms with Gasteiger partial charge in [0.2, 0.25) is 0 Å². The van der Waals surface area contributed by atoms with E-state index in [0.717, 1.165) is 36.1 Å². The number of hydrogen-bond acceptors (Lipinski definition) is 9. The molecule has 1 N–H and O–H groups in total. The van der Waals surface area contributed by atoms with Crippen LogP contribution in [0.1, 0.15) is 47.7 Å². The van der Waals surface area contributed by atoms with Crippen LogP contribution < -0.4 is 10.3 Å².